The molecular weight excluding hydrogens is 228 g/mol. The smallest absolute Gasteiger partial charge is 0.177 e. The Morgan fingerprint density at radius 2 is 2.18 bits per heavy atom. The van der Waals surface area contributed by atoms with Crippen LogP contribution in [0, 0.1) is 0 Å². The first-order valence-corrected chi connectivity index (χ1v) is 4.43. The van der Waals surface area contributed by atoms with Crippen molar-refractivity contribution >= 4 is 51.3 Å². The number of rotatable bonds is 1. The van der Waals surface area contributed by atoms with Gasteiger partial charge in [-0.15, -0.1) is 11.3 Å². The Bertz CT molecular complexity index is 296. The van der Waals surface area contributed by atoms with E-state index >= 15 is 0 Å². The Kier molecular flexibility index (Phi) is 3.01. The summed E-state index contributed by atoms with van der Waals surface area (Å²) in [6.07, 6.45) is 0. The molecule has 0 saturated carbocycles. The molecule has 0 amide bonds. The second-order valence-electron chi connectivity index (χ2n) is 1.63. The zero-order chi connectivity index (χ0) is 8.43. The second-order valence-corrected chi connectivity index (χ2v) is 4.27. The van der Waals surface area contributed by atoms with Crippen molar-refractivity contribution in [3.05, 3.63) is 20.3 Å². The second kappa shape index (κ2) is 3.63. The summed E-state index contributed by atoms with van der Waals surface area (Å²) in [5, 5.41) is 11.0. The molecule has 1 heterocycles. The highest BCUT2D eigenvalue weighted by Crippen LogP contribution is 2.32. The van der Waals surface area contributed by atoms with Crippen LogP contribution >= 0.6 is 46.1 Å². The van der Waals surface area contributed by atoms with Crippen LogP contribution in [-0.4, -0.2) is 10.4 Å². The number of thiophene rings is 1. The zero-order valence-corrected chi connectivity index (χ0v) is 8.10. The van der Waals surface area contributed by atoms with Gasteiger partial charge in [0.1, 0.15) is 4.34 Å². The Hall–Kier alpha value is 0.0400. The molecule has 1 aromatic heterocycles. The van der Waals surface area contributed by atoms with Crippen LogP contribution in [0.3, 0.4) is 0 Å². The Morgan fingerprint density at radius 1 is 1.55 bits per heavy atom. The van der Waals surface area contributed by atoms with Crippen molar-refractivity contribution < 1.29 is 5.21 Å². The Balaban J connectivity index is 3.13. The minimum Gasteiger partial charge on any atom is -0.410 e. The van der Waals surface area contributed by atoms with E-state index in [1.165, 1.54) is 17.4 Å². The molecule has 0 radical (unpaired) electrons. The zero-order valence-electron chi connectivity index (χ0n) is 5.01. The summed E-state index contributed by atoms with van der Waals surface area (Å²) in [6.45, 7) is 0. The molecule has 60 valence electrons. The molecule has 2 nitrogen and oxygen atoms in total. The lowest BCUT2D eigenvalue weighted by atomic mass is 10.4. The lowest BCUT2D eigenvalue weighted by Gasteiger charge is -1.88. The van der Waals surface area contributed by atoms with E-state index in [9.17, 15) is 0 Å². The Morgan fingerprint density at radius 3 is 2.55 bits per heavy atom. The predicted molar refractivity (Wildman–Crippen MR) is 48.5 cm³/mol. The van der Waals surface area contributed by atoms with Gasteiger partial charge in [0, 0.05) is 5.56 Å². The van der Waals surface area contributed by atoms with Crippen molar-refractivity contribution in [3.8, 4) is 0 Å². The van der Waals surface area contributed by atoms with Crippen molar-refractivity contribution in [1.82, 2.24) is 0 Å². The fourth-order valence-electron chi connectivity index (χ4n) is 0.535. The maximum Gasteiger partial charge on any atom is 0.177 e. The molecule has 0 aliphatic heterocycles. The van der Waals surface area contributed by atoms with Gasteiger partial charge in [-0.1, -0.05) is 40.0 Å². The molecule has 11 heavy (non-hydrogen) atoms. The van der Waals surface area contributed by atoms with Gasteiger partial charge in [-0.3, -0.25) is 0 Å². The van der Waals surface area contributed by atoms with E-state index in [1.807, 2.05) is 0 Å². The van der Waals surface area contributed by atoms with Crippen LogP contribution < -0.4 is 0 Å². The average Bonchev–Trinajstić information content (AvgIpc) is 2.28. The van der Waals surface area contributed by atoms with Crippen LogP contribution in [0.1, 0.15) is 5.56 Å². The van der Waals surface area contributed by atoms with Gasteiger partial charge in [0.05, 0.1) is 4.34 Å². The summed E-state index contributed by atoms with van der Waals surface area (Å²) in [5.41, 5.74) is 0.450. The van der Waals surface area contributed by atoms with E-state index < -0.39 is 0 Å². The maximum atomic E-state index is 8.28. The topological polar surface area (TPSA) is 32.6 Å². The molecule has 0 saturated heterocycles. The number of oxime groups is 1. The van der Waals surface area contributed by atoms with Crippen LogP contribution in [-0.2, 0) is 0 Å². The lowest BCUT2D eigenvalue weighted by Crippen LogP contribution is -1.87. The molecule has 1 rings (SSSR count). The summed E-state index contributed by atoms with van der Waals surface area (Å²) in [5.74, 6) is 0. The van der Waals surface area contributed by atoms with Crippen LogP contribution in [0.5, 0.6) is 0 Å². The van der Waals surface area contributed by atoms with Gasteiger partial charge < -0.3 is 5.21 Å². The summed E-state index contributed by atoms with van der Waals surface area (Å²) in [6, 6.07) is 1.54. The molecular formula is C5H2Cl3NOS. The van der Waals surface area contributed by atoms with Gasteiger partial charge in [-0.2, -0.15) is 0 Å². The predicted octanol–water partition coefficient (Wildman–Crippen LogP) is 3.43. The third-order valence-electron chi connectivity index (χ3n) is 0.967. The fourth-order valence-corrected chi connectivity index (χ4v) is 2.25. The van der Waals surface area contributed by atoms with Crippen molar-refractivity contribution in [2.24, 2.45) is 5.16 Å². The van der Waals surface area contributed by atoms with Gasteiger partial charge in [0.2, 0.25) is 0 Å². The first-order valence-electron chi connectivity index (χ1n) is 2.48. The van der Waals surface area contributed by atoms with E-state index in [0.717, 1.165) is 0 Å². The highest BCUT2D eigenvalue weighted by atomic mass is 35.5. The highest BCUT2D eigenvalue weighted by molar-refractivity contribution is 7.20. The monoisotopic (exact) mass is 229 g/mol. The SMILES string of the molecule is ON=C(Cl)c1cc(Cl)sc1Cl. The first-order chi connectivity index (χ1) is 5.15. The standard InChI is InChI=1S/C5H2Cl3NOS/c6-3-1-2(4(7)9-10)5(8)11-3/h1,10H. The molecule has 0 aliphatic rings. The van der Waals surface area contributed by atoms with E-state index in [0.29, 0.717) is 14.2 Å². The molecule has 0 aromatic carbocycles. The quantitative estimate of drug-likeness (QED) is 0.447. The molecule has 0 aliphatic carbocycles. The van der Waals surface area contributed by atoms with Gasteiger partial charge in [0.15, 0.2) is 5.17 Å². The summed E-state index contributed by atoms with van der Waals surface area (Å²) in [7, 11) is 0. The fraction of sp³-hybridized carbons (Fsp3) is 0. The number of hydrogen-bond donors (Lipinski definition) is 1. The molecule has 0 spiro atoms. The minimum atomic E-state index is -0.0573. The molecule has 1 aromatic rings. The van der Waals surface area contributed by atoms with Crippen molar-refractivity contribution in [1.29, 1.82) is 0 Å². The summed E-state index contributed by atoms with van der Waals surface area (Å²) in [4.78, 5) is 0. The molecule has 0 unspecified atom stereocenters. The van der Waals surface area contributed by atoms with Crippen LogP contribution in [0.25, 0.3) is 0 Å². The lowest BCUT2D eigenvalue weighted by molar-refractivity contribution is 0.321. The van der Waals surface area contributed by atoms with Gasteiger partial charge in [-0.05, 0) is 6.07 Å². The van der Waals surface area contributed by atoms with E-state index in [4.69, 9.17) is 40.0 Å². The number of halogens is 3. The van der Waals surface area contributed by atoms with Crippen molar-refractivity contribution in [3.63, 3.8) is 0 Å². The van der Waals surface area contributed by atoms with Crippen molar-refractivity contribution in [2.45, 2.75) is 0 Å². The van der Waals surface area contributed by atoms with Crippen LogP contribution in [0.4, 0.5) is 0 Å². The highest BCUT2D eigenvalue weighted by Gasteiger charge is 2.10. The molecule has 0 atom stereocenters. The van der Waals surface area contributed by atoms with Gasteiger partial charge in [0.25, 0.3) is 0 Å². The first kappa shape index (κ1) is 9.13. The molecule has 0 fully saturated rings. The molecule has 1 N–H and O–H groups in total. The minimum absolute atomic E-state index is 0.0573. The van der Waals surface area contributed by atoms with Crippen LogP contribution in [0.2, 0.25) is 8.67 Å². The maximum absolute atomic E-state index is 8.28. The van der Waals surface area contributed by atoms with E-state index in [1.54, 1.807) is 0 Å². The number of nitrogens with zero attached hydrogens (tertiary/aromatic N) is 1. The van der Waals surface area contributed by atoms with Gasteiger partial charge in [-0.25, -0.2) is 0 Å². The summed E-state index contributed by atoms with van der Waals surface area (Å²) < 4.78 is 0.921. The van der Waals surface area contributed by atoms with E-state index in [-0.39, 0.29) is 5.17 Å². The van der Waals surface area contributed by atoms with Gasteiger partial charge >= 0.3 is 0 Å². The largest absolute Gasteiger partial charge is 0.410 e. The van der Waals surface area contributed by atoms with Crippen molar-refractivity contribution in [2.75, 3.05) is 0 Å². The van der Waals surface area contributed by atoms with Crippen LogP contribution in [0.15, 0.2) is 11.2 Å². The normalized spacial score (nSPS) is 12.1. The van der Waals surface area contributed by atoms with E-state index in [2.05, 4.69) is 5.16 Å². The average molecular weight is 231 g/mol. The number of hydrogen-bond acceptors (Lipinski definition) is 3. The Labute approximate surface area is 82.0 Å². The molecule has 0 bridgehead atoms. The third-order valence-corrected chi connectivity index (χ3v) is 2.73. The third kappa shape index (κ3) is 1.99. The summed E-state index contributed by atoms with van der Waals surface area (Å²) >= 11 is 17.9. The molecule has 6 heteroatoms.